The second-order valence-corrected chi connectivity index (χ2v) is 13.9. The smallest absolute Gasteiger partial charge is 0.113 e. The van der Waals surface area contributed by atoms with Crippen molar-refractivity contribution >= 4 is 78.5 Å². The molecule has 3 heteroatoms. The van der Waals surface area contributed by atoms with Gasteiger partial charge < -0.3 is 9.13 Å². The number of benzene rings is 9. The predicted octanol–water partition coefficient (Wildman–Crippen LogP) is 12.3. The minimum absolute atomic E-state index is 0.753. The molecule has 0 N–H and O–H groups in total. The molecule has 0 spiro atoms. The van der Waals surface area contributed by atoms with Gasteiger partial charge in [0.25, 0.3) is 0 Å². The van der Waals surface area contributed by atoms with E-state index in [1.807, 2.05) is 6.07 Å². The van der Waals surface area contributed by atoms with E-state index in [1.54, 1.807) is 0 Å². The lowest BCUT2D eigenvalue weighted by Crippen LogP contribution is -2.02. The van der Waals surface area contributed by atoms with Crippen molar-refractivity contribution in [2.75, 3.05) is 0 Å². The third kappa shape index (κ3) is 4.47. The number of para-hydroxylation sites is 4. The van der Waals surface area contributed by atoms with Crippen LogP contribution in [-0.4, -0.2) is 17.0 Å². The molecular formula is C50H31BN2. The zero-order valence-corrected chi connectivity index (χ0v) is 28.9. The van der Waals surface area contributed by atoms with Crippen LogP contribution in [0.1, 0.15) is 0 Å². The van der Waals surface area contributed by atoms with Gasteiger partial charge in [-0.15, -0.1) is 0 Å². The van der Waals surface area contributed by atoms with Crippen molar-refractivity contribution < 1.29 is 0 Å². The van der Waals surface area contributed by atoms with Crippen LogP contribution >= 0.6 is 0 Å². The summed E-state index contributed by atoms with van der Waals surface area (Å²) in [6.07, 6.45) is 0. The molecule has 244 valence electrons. The predicted molar refractivity (Wildman–Crippen MR) is 226 cm³/mol. The van der Waals surface area contributed by atoms with Gasteiger partial charge in [-0.1, -0.05) is 145 Å². The summed E-state index contributed by atoms with van der Waals surface area (Å²) in [5.74, 6) is 0. The van der Waals surface area contributed by atoms with Crippen LogP contribution in [0.25, 0.3) is 98.8 Å². The molecule has 0 atom stereocenters. The van der Waals surface area contributed by atoms with E-state index in [1.165, 1.54) is 76.5 Å². The number of aromatic nitrogens is 2. The average molecular weight is 671 g/mol. The Labute approximate surface area is 308 Å². The lowest BCUT2D eigenvalue weighted by molar-refractivity contribution is 1.18. The third-order valence-electron chi connectivity index (χ3n) is 11.0. The first kappa shape index (κ1) is 29.9. The van der Waals surface area contributed by atoms with Crippen LogP contribution in [0.15, 0.2) is 188 Å². The number of nitrogens with zero attached hydrogens (tertiary/aromatic N) is 2. The number of hydrogen-bond acceptors (Lipinski definition) is 0. The van der Waals surface area contributed by atoms with E-state index in [2.05, 4.69) is 191 Å². The molecule has 53 heavy (non-hydrogen) atoms. The van der Waals surface area contributed by atoms with Gasteiger partial charge in [0.1, 0.15) is 7.85 Å². The first-order valence-electron chi connectivity index (χ1n) is 18.1. The van der Waals surface area contributed by atoms with Gasteiger partial charge in [0.05, 0.1) is 22.1 Å². The molecule has 2 aromatic heterocycles. The Morgan fingerprint density at radius 3 is 1.00 bits per heavy atom. The Morgan fingerprint density at radius 2 is 0.604 bits per heavy atom. The largest absolute Gasteiger partial charge is 0.309 e. The molecule has 0 aliphatic rings. The Morgan fingerprint density at radius 1 is 0.283 bits per heavy atom. The molecule has 0 aliphatic carbocycles. The molecule has 0 amide bonds. The van der Waals surface area contributed by atoms with Crippen LogP contribution in [0.2, 0.25) is 0 Å². The van der Waals surface area contributed by atoms with Crippen LogP contribution in [0.3, 0.4) is 0 Å². The van der Waals surface area contributed by atoms with Gasteiger partial charge in [0.2, 0.25) is 0 Å². The van der Waals surface area contributed by atoms with Gasteiger partial charge in [-0.05, 0) is 92.3 Å². The standard InChI is InChI=1S/C50H31BN2/c51-34-25-30-43-44(31-34)50(33-23-28-36(29-24-33)53-47-19-9-5-13-39(47)40-14-6-10-20-48(40)53)42-16-2-1-15-41(42)49(43)32-21-26-35(27-22-32)52-45-17-7-3-11-37(45)38-12-4-8-18-46(38)52/h1-31H. The molecule has 0 bridgehead atoms. The molecule has 0 unspecified atom stereocenters. The number of rotatable bonds is 4. The Kier molecular flexibility index (Phi) is 6.53. The lowest BCUT2D eigenvalue weighted by atomic mass is 9.83. The van der Waals surface area contributed by atoms with Gasteiger partial charge in [0, 0.05) is 32.9 Å². The van der Waals surface area contributed by atoms with Gasteiger partial charge in [0.15, 0.2) is 0 Å². The normalized spacial score (nSPS) is 11.8. The van der Waals surface area contributed by atoms with Crippen LogP contribution in [0, 0.1) is 0 Å². The van der Waals surface area contributed by atoms with E-state index in [4.69, 9.17) is 7.85 Å². The summed E-state index contributed by atoms with van der Waals surface area (Å²) in [4.78, 5) is 0. The maximum absolute atomic E-state index is 6.56. The highest BCUT2D eigenvalue weighted by Crippen LogP contribution is 2.44. The van der Waals surface area contributed by atoms with E-state index < -0.39 is 0 Å². The second-order valence-electron chi connectivity index (χ2n) is 13.9. The summed E-state index contributed by atoms with van der Waals surface area (Å²) in [5.41, 5.74) is 12.6. The molecule has 2 heterocycles. The van der Waals surface area contributed by atoms with Crippen molar-refractivity contribution in [2.45, 2.75) is 0 Å². The fourth-order valence-electron chi connectivity index (χ4n) is 8.77. The second kappa shape index (κ2) is 11.6. The summed E-state index contributed by atoms with van der Waals surface area (Å²) in [7, 11) is 6.56. The minimum atomic E-state index is 0.753. The molecule has 2 nitrogen and oxygen atoms in total. The van der Waals surface area contributed by atoms with Crippen LogP contribution in [0.4, 0.5) is 0 Å². The summed E-state index contributed by atoms with van der Waals surface area (Å²) in [5, 5.41) is 9.81. The van der Waals surface area contributed by atoms with Crippen LogP contribution in [0.5, 0.6) is 0 Å². The first-order chi connectivity index (χ1) is 26.2. The molecule has 0 aliphatic heterocycles. The lowest BCUT2D eigenvalue weighted by Gasteiger charge is -2.19. The van der Waals surface area contributed by atoms with E-state index in [9.17, 15) is 0 Å². The van der Waals surface area contributed by atoms with E-state index in [-0.39, 0.29) is 0 Å². The van der Waals surface area contributed by atoms with Crippen molar-refractivity contribution in [3.63, 3.8) is 0 Å². The minimum Gasteiger partial charge on any atom is -0.309 e. The Hall–Kier alpha value is -6.84. The summed E-state index contributed by atoms with van der Waals surface area (Å²) in [6.45, 7) is 0. The fourth-order valence-corrected chi connectivity index (χ4v) is 8.77. The fraction of sp³-hybridized carbons (Fsp3) is 0. The zero-order valence-electron chi connectivity index (χ0n) is 28.9. The van der Waals surface area contributed by atoms with E-state index in [0.29, 0.717) is 0 Å². The number of hydrogen-bond donors (Lipinski definition) is 0. The molecule has 0 fully saturated rings. The maximum atomic E-state index is 6.56. The summed E-state index contributed by atoms with van der Waals surface area (Å²) in [6, 6.07) is 67.9. The number of fused-ring (bicyclic) bond motifs is 8. The van der Waals surface area contributed by atoms with Crippen molar-refractivity contribution in [1.29, 1.82) is 0 Å². The summed E-state index contributed by atoms with van der Waals surface area (Å²) < 4.78 is 4.74. The van der Waals surface area contributed by atoms with Gasteiger partial charge in [-0.3, -0.25) is 0 Å². The molecule has 0 saturated heterocycles. The van der Waals surface area contributed by atoms with E-state index >= 15 is 0 Å². The Balaban J connectivity index is 1.09. The first-order valence-corrected chi connectivity index (χ1v) is 18.1. The maximum Gasteiger partial charge on any atom is 0.113 e. The van der Waals surface area contributed by atoms with Crippen LogP contribution < -0.4 is 5.46 Å². The molecule has 11 aromatic rings. The monoisotopic (exact) mass is 670 g/mol. The summed E-state index contributed by atoms with van der Waals surface area (Å²) >= 11 is 0. The van der Waals surface area contributed by atoms with Crippen molar-refractivity contribution in [3.05, 3.63) is 188 Å². The van der Waals surface area contributed by atoms with E-state index in [0.717, 1.165) is 27.8 Å². The van der Waals surface area contributed by atoms with Gasteiger partial charge in [-0.25, -0.2) is 0 Å². The molecule has 11 rings (SSSR count). The SMILES string of the molecule is [B]c1ccc2c(-c3ccc(-n4c5ccccc5c5ccccc54)cc3)c3ccccc3c(-c3ccc(-n4c5ccccc5c5ccccc54)cc3)c2c1. The van der Waals surface area contributed by atoms with Gasteiger partial charge in [-0.2, -0.15) is 0 Å². The highest BCUT2D eigenvalue weighted by atomic mass is 15.0. The molecule has 2 radical (unpaired) electrons. The molecule has 0 saturated carbocycles. The molecule has 9 aromatic carbocycles. The van der Waals surface area contributed by atoms with Crippen molar-refractivity contribution in [3.8, 4) is 33.6 Å². The third-order valence-corrected chi connectivity index (χ3v) is 11.0. The zero-order chi connectivity index (χ0) is 35.0. The topological polar surface area (TPSA) is 9.86 Å². The van der Waals surface area contributed by atoms with Crippen molar-refractivity contribution in [2.24, 2.45) is 0 Å². The highest BCUT2D eigenvalue weighted by Gasteiger charge is 2.19. The quantitative estimate of drug-likeness (QED) is 0.130. The Bertz CT molecular complexity index is 3110. The van der Waals surface area contributed by atoms with Crippen LogP contribution in [-0.2, 0) is 0 Å². The van der Waals surface area contributed by atoms with Gasteiger partial charge >= 0.3 is 0 Å². The van der Waals surface area contributed by atoms with Crippen molar-refractivity contribution in [1.82, 2.24) is 9.13 Å². The average Bonchev–Trinajstić information content (AvgIpc) is 3.73. The highest BCUT2D eigenvalue weighted by molar-refractivity contribution is 6.34. The molecular weight excluding hydrogens is 639 g/mol.